The van der Waals surface area contributed by atoms with E-state index in [2.05, 4.69) is 138 Å². The molecule has 2 aromatic heterocycles. The van der Waals surface area contributed by atoms with Gasteiger partial charge < -0.3 is 45.2 Å². The summed E-state index contributed by atoms with van der Waals surface area (Å²) in [6.45, 7) is 20.2. The molecule has 4 atom stereocenters. The number of fused-ring (bicyclic) bond motifs is 7. The van der Waals surface area contributed by atoms with Crippen molar-refractivity contribution in [2.45, 2.75) is 167 Å². The number of imidazole rings is 1. The van der Waals surface area contributed by atoms with Gasteiger partial charge in [-0.1, -0.05) is 111 Å². The van der Waals surface area contributed by atoms with Crippen LogP contribution in [-0.4, -0.2) is 135 Å². The third-order valence-corrected chi connectivity index (χ3v) is 22.5. The predicted molar refractivity (Wildman–Crippen MR) is 430 cm³/mol. The number of H-pyrrole nitrogens is 2. The van der Waals surface area contributed by atoms with Gasteiger partial charge in [0.25, 0.3) is 10.1 Å². The van der Waals surface area contributed by atoms with E-state index in [4.69, 9.17) is 9.47 Å². The van der Waals surface area contributed by atoms with Crippen molar-refractivity contribution in [3.8, 4) is 11.5 Å². The van der Waals surface area contributed by atoms with Crippen molar-refractivity contribution in [1.29, 1.82) is 0 Å². The second-order valence-corrected chi connectivity index (χ2v) is 31.9. The number of benzene rings is 7. The Morgan fingerprint density at radius 1 is 0.645 bits per heavy atom. The first kappa shape index (κ1) is 80.6. The zero-order valence-corrected chi connectivity index (χ0v) is 65.2. The molecule has 576 valence electrons. The van der Waals surface area contributed by atoms with Crippen LogP contribution in [0.25, 0.3) is 32.4 Å². The van der Waals surface area contributed by atoms with Crippen LogP contribution in [0.5, 0.6) is 11.5 Å². The van der Waals surface area contributed by atoms with Crippen LogP contribution < -0.4 is 15.5 Å². The average Bonchev–Trinajstić information content (AvgIpc) is 1.54. The number of Topliss-reactive ketones (excluding diaryl/α,β-unsaturated/α-hetero) is 4. The third-order valence-electron chi connectivity index (χ3n) is 21.6. The van der Waals surface area contributed by atoms with E-state index in [1.54, 1.807) is 42.7 Å². The number of aromatic hydroxyl groups is 2. The summed E-state index contributed by atoms with van der Waals surface area (Å²) in [5, 5.41) is 30.4. The van der Waals surface area contributed by atoms with Crippen LogP contribution in [0.1, 0.15) is 143 Å². The molecule has 0 radical (unpaired) electrons. The number of carbonyl (C=O) groups excluding carboxylic acids is 6. The number of hydrogen-bond donors (Lipinski definition) is 7. The zero-order valence-electron chi connectivity index (χ0n) is 64.4. The lowest BCUT2D eigenvalue weighted by Gasteiger charge is -2.27. The maximum Gasteiger partial charge on any atom is 0.295 e. The van der Waals surface area contributed by atoms with Gasteiger partial charge in [0, 0.05) is 121 Å². The summed E-state index contributed by atoms with van der Waals surface area (Å²) < 4.78 is 49.2. The summed E-state index contributed by atoms with van der Waals surface area (Å²) in [7, 11) is -4.46. The molecule has 0 saturated heterocycles. The number of carbonyl (C=O) groups is 6. The molecular weight excluding hydrogens is 1410 g/mol. The SMILES string of the molecule is CC[N+]1=C(/C=C/C=C/C=C2/N(CCCCCC(=O)CCCOCCOCC(=O)N[C@@H](Cc3ccc(O)cc3)C(=O)C[C@@H](Cc3c[nH]cn3)C(=O)N[C@@H](Cc3c[nH]c4ccccc34)C(=O)C[C@@H](Cc3ccc(O)cc3)C(C)=O)c3ccc4c(C)cc(C)cc4c3C2(C)C)C(C)(C)c2c1ccc1c(S(=O)(=O)O)cc(C)cc21. The van der Waals surface area contributed by atoms with E-state index in [0.717, 1.165) is 75.7 Å². The van der Waals surface area contributed by atoms with Crippen LogP contribution in [0, 0.1) is 32.6 Å². The van der Waals surface area contributed by atoms with Gasteiger partial charge in [-0.2, -0.15) is 13.0 Å². The number of ketones is 4. The fourth-order valence-electron chi connectivity index (χ4n) is 16.0. The maximum atomic E-state index is 14.8. The molecule has 21 heteroatoms. The molecular formula is C89H102N7O13S+. The smallest absolute Gasteiger partial charge is 0.295 e. The topological polar surface area (TPSA) is 290 Å². The van der Waals surface area contributed by atoms with Gasteiger partial charge in [-0.15, -0.1) is 0 Å². The van der Waals surface area contributed by atoms with Gasteiger partial charge >= 0.3 is 0 Å². The Labute approximate surface area is 643 Å². The number of aryl methyl sites for hydroxylation is 3. The molecule has 110 heavy (non-hydrogen) atoms. The second-order valence-electron chi connectivity index (χ2n) is 30.5. The molecule has 0 unspecified atom stereocenters. The zero-order chi connectivity index (χ0) is 78.6. The van der Waals surface area contributed by atoms with Crippen LogP contribution in [0.2, 0.25) is 0 Å². The number of allylic oxidation sites excluding steroid dienone is 6. The number of rotatable bonds is 38. The standard InChI is InChI=1S/C89H101N7O13S/c1-10-95-77-37-35-71-73(44-57(3)45-81(71)110(105,106)107)86(77)88(6,7)82(95)24-14-11-15-25-83-89(8,9)85-72-43-56(2)42-58(4)69(72)34-36-78(85)96(83)38-18-12-13-20-66(98)21-19-39-108-40-41-109-54-84(103)93-75(47-61-28-32-68(100)33-29-61)80(102)51-63(48-65-53-90-55-92-65)87(104)94-76(49-64-52-91-74-23-17-16-22-70(64)74)79(101)50-62(59(5)97)46-60-26-30-67(99)31-27-60/h11,14-17,22-37,42-45,52-53,55,62-63,75-76,91H,10,12-13,18-21,38-41,46-51,54H2,1-9H3,(H5-,90,92,93,94,99,100,103,104,105,106,107)/p+1/t62-,63-,75+,76+/m1/s1. The number of nitrogens with zero attached hydrogens (tertiary/aromatic N) is 3. The number of anilines is 1. The maximum absolute atomic E-state index is 14.8. The molecule has 0 saturated carbocycles. The Balaban J connectivity index is 0.662. The number of phenols is 2. The first-order valence-electron chi connectivity index (χ1n) is 38.1. The number of phenolic OH excluding ortho intramolecular Hbond substituents is 2. The molecule has 20 nitrogen and oxygen atoms in total. The largest absolute Gasteiger partial charge is 0.508 e. The van der Waals surface area contributed by atoms with E-state index in [0.29, 0.717) is 49.1 Å². The van der Waals surface area contributed by atoms with E-state index >= 15 is 0 Å². The number of nitrogens with one attached hydrogen (secondary N) is 4. The molecule has 7 aromatic carbocycles. The van der Waals surface area contributed by atoms with Crippen LogP contribution in [0.15, 0.2) is 181 Å². The lowest BCUT2D eigenvalue weighted by atomic mass is 9.78. The third kappa shape index (κ3) is 19.2. The minimum atomic E-state index is -4.46. The summed E-state index contributed by atoms with van der Waals surface area (Å²) in [4.78, 5) is 96.9. The number of aromatic amines is 2. The Hall–Kier alpha value is -10.5. The van der Waals surface area contributed by atoms with Crippen molar-refractivity contribution < 1.29 is 66.0 Å². The van der Waals surface area contributed by atoms with Crippen molar-refractivity contribution in [2.24, 2.45) is 11.8 Å². The Kier molecular flexibility index (Phi) is 26.0. The van der Waals surface area contributed by atoms with E-state index in [1.807, 2.05) is 43.3 Å². The van der Waals surface area contributed by atoms with Gasteiger partial charge in [0.15, 0.2) is 17.3 Å². The summed E-state index contributed by atoms with van der Waals surface area (Å²) in [5.74, 6) is -3.82. The number of aromatic nitrogens is 3. The van der Waals surface area contributed by atoms with Crippen LogP contribution >= 0.6 is 0 Å². The van der Waals surface area contributed by atoms with Gasteiger partial charge in [-0.25, -0.2) is 4.98 Å². The van der Waals surface area contributed by atoms with Gasteiger partial charge in [0.05, 0.1) is 48.7 Å². The molecule has 0 aliphatic carbocycles. The summed E-state index contributed by atoms with van der Waals surface area (Å²) in [6.07, 6.45) is 19.1. The minimum absolute atomic E-state index is 0.00209. The molecule has 4 heterocycles. The highest BCUT2D eigenvalue weighted by atomic mass is 32.2. The van der Waals surface area contributed by atoms with Crippen molar-refractivity contribution in [2.75, 3.05) is 44.4 Å². The molecule has 9 aromatic rings. The Morgan fingerprint density at radius 2 is 1.30 bits per heavy atom. The van der Waals surface area contributed by atoms with E-state index in [1.165, 1.54) is 82.4 Å². The van der Waals surface area contributed by atoms with Crippen molar-refractivity contribution in [3.63, 3.8) is 0 Å². The first-order chi connectivity index (χ1) is 52.6. The molecule has 2 amide bonds. The number of para-hydroxylation sites is 1. The number of hydrogen-bond acceptors (Lipinski definition) is 14. The van der Waals surface area contributed by atoms with Crippen molar-refractivity contribution in [3.05, 3.63) is 226 Å². The summed E-state index contributed by atoms with van der Waals surface area (Å²) in [6, 6.07) is 34.3. The van der Waals surface area contributed by atoms with Crippen LogP contribution in [0.3, 0.4) is 0 Å². The van der Waals surface area contributed by atoms with Crippen molar-refractivity contribution >= 4 is 94.6 Å². The predicted octanol–water partition coefficient (Wildman–Crippen LogP) is 14.6. The van der Waals surface area contributed by atoms with Gasteiger partial charge in [0.2, 0.25) is 17.5 Å². The summed E-state index contributed by atoms with van der Waals surface area (Å²) >= 11 is 0. The molecule has 2 aliphatic heterocycles. The van der Waals surface area contributed by atoms with E-state index in [-0.39, 0.29) is 90.9 Å². The summed E-state index contributed by atoms with van der Waals surface area (Å²) in [5.41, 5.74) is 12.6. The molecule has 0 bridgehead atoms. The minimum Gasteiger partial charge on any atom is -0.508 e. The Morgan fingerprint density at radius 3 is 1.99 bits per heavy atom. The molecule has 0 fully saturated rings. The highest BCUT2D eigenvalue weighted by Gasteiger charge is 2.46. The molecule has 7 N–H and O–H groups in total. The van der Waals surface area contributed by atoms with Crippen molar-refractivity contribution in [1.82, 2.24) is 25.6 Å². The molecule has 11 rings (SSSR count). The number of unbranched alkanes of at least 4 members (excludes halogenated alkanes) is 2. The molecule has 2 aliphatic rings. The first-order valence-corrected chi connectivity index (χ1v) is 39.5. The van der Waals surface area contributed by atoms with Crippen LogP contribution in [0.4, 0.5) is 11.4 Å². The highest BCUT2D eigenvalue weighted by molar-refractivity contribution is 7.86. The number of amides is 2. The van der Waals surface area contributed by atoms with Gasteiger partial charge in [0.1, 0.15) is 41.1 Å². The fraction of sp³-hybridized carbons (Fsp3) is 0.371. The quantitative estimate of drug-likeness (QED) is 0.00819. The normalized spacial score (nSPS) is 15.4. The monoisotopic (exact) mass is 1510 g/mol. The molecule has 0 spiro atoms. The van der Waals surface area contributed by atoms with E-state index < -0.39 is 63.7 Å². The van der Waals surface area contributed by atoms with Gasteiger partial charge in [-0.3, -0.25) is 33.3 Å². The lowest BCUT2D eigenvalue weighted by Crippen LogP contribution is -2.48. The average molecular weight is 1510 g/mol. The fourth-order valence-corrected chi connectivity index (χ4v) is 16.8. The van der Waals surface area contributed by atoms with Crippen LogP contribution in [-0.2, 0) is 84.9 Å². The second kappa shape index (κ2) is 35.5. The Bertz CT molecular complexity index is 5150. The number of ether oxygens (including phenoxy) is 2. The highest BCUT2D eigenvalue weighted by Crippen LogP contribution is 2.52. The lowest BCUT2D eigenvalue weighted by molar-refractivity contribution is -0.433. The van der Waals surface area contributed by atoms with Gasteiger partial charge in [-0.05, 0) is 185 Å². The van der Waals surface area contributed by atoms with E-state index in [9.17, 15) is 52.0 Å².